The Morgan fingerprint density at radius 1 is 1.53 bits per heavy atom. The van der Waals surface area contributed by atoms with Crippen LogP contribution in [0.4, 0.5) is 10.5 Å². The minimum absolute atomic E-state index is 0.0445. The molecule has 3 N–H and O–H groups in total. The van der Waals surface area contributed by atoms with Crippen LogP contribution >= 0.6 is 0 Å². The lowest BCUT2D eigenvalue weighted by Crippen LogP contribution is -2.32. The molecule has 0 radical (unpaired) electrons. The summed E-state index contributed by atoms with van der Waals surface area (Å²) in [6.45, 7) is 0.436. The molecule has 0 saturated heterocycles. The molecule has 1 aliphatic heterocycles. The van der Waals surface area contributed by atoms with Crippen molar-refractivity contribution in [3.05, 3.63) is 23.8 Å². The summed E-state index contributed by atoms with van der Waals surface area (Å²) in [4.78, 5) is 22.1. The number of hydrogen-bond donors (Lipinski definition) is 3. The molecule has 0 saturated carbocycles. The zero-order valence-electron chi connectivity index (χ0n) is 9.37. The third-order valence-corrected chi connectivity index (χ3v) is 2.36. The lowest BCUT2D eigenvalue weighted by molar-refractivity contribution is -0.118. The van der Waals surface area contributed by atoms with Crippen LogP contribution in [-0.2, 0) is 11.3 Å². The number of ether oxygens (including phenoxy) is 1. The van der Waals surface area contributed by atoms with Gasteiger partial charge in [0.2, 0.25) is 0 Å². The fraction of sp³-hybridized carbons (Fsp3) is 0.273. The van der Waals surface area contributed by atoms with Crippen LogP contribution in [0, 0.1) is 0 Å². The number of carbonyl (C=O) groups excluding carboxylic acids is 2. The van der Waals surface area contributed by atoms with Gasteiger partial charge in [-0.2, -0.15) is 0 Å². The van der Waals surface area contributed by atoms with Gasteiger partial charge in [0.25, 0.3) is 5.91 Å². The average Bonchev–Trinajstić information content (AvgIpc) is 2.35. The molecule has 0 fully saturated rings. The summed E-state index contributed by atoms with van der Waals surface area (Å²) in [7, 11) is 1.55. The van der Waals surface area contributed by atoms with Gasteiger partial charge >= 0.3 is 6.03 Å². The summed E-state index contributed by atoms with van der Waals surface area (Å²) in [5, 5.41) is 7.83. The number of amides is 3. The van der Waals surface area contributed by atoms with Crippen molar-refractivity contribution in [3.8, 4) is 5.75 Å². The Bertz CT molecular complexity index is 459. The largest absolute Gasteiger partial charge is 0.482 e. The second kappa shape index (κ2) is 4.73. The van der Waals surface area contributed by atoms with Gasteiger partial charge < -0.3 is 20.7 Å². The summed E-state index contributed by atoms with van der Waals surface area (Å²) >= 11 is 0. The Hall–Kier alpha value is -2.24. The van der Waals surface area contributed by atoms with Gasteiger partial charge in [-0.15, -0.1) is 0 Å². The molecule has 1 aliphatic rings. The van der Waals surface area contributed by atoms with Crippen molar-refractivity contribution >= 4 is 17.6 Å². The maximum Gasteiger partial charge on any atom is 0.314 e. The van der Waals surface area contributed by atoms with Crippen molar-refractivity contribution in [1.82, 2.24) is 10.6 Å². The molecule has 0 spiro atoms. The monoisotopic (exact) mass is 235 g/mol. The van der Waals surface area contributed by atoms with E-state index in [-0.39, 0.29) is 18.5 Å². The zero-order chi connectivity index (χ0) is 12.3. The van der Waals surface area contributed by atoms with Gasteiger partial charge in [-0.25, -0.2) is 4.79 Å². The zero-order valence-corrected chi connectivity index (χ0v) is 9.37. The van der Waals surface area contributed by atoms with Crippen LogP contribution in [0.1, 0.15) is 5.56 Å². The Labute approximate surface area is 98.3 Å². The molecule has 1 heterocycles. The Morgan fingerprint density at radius 3 is 3.12 bits per heavy atom. The number of benzene rings is 1. The maximum atomic E-state index is 11.1. The van der Waals surface area contributed by atoms with Crippen LogP contribution in [0.5, 0.6) is 5.75 Å². The molecule has 0 bridgehead atoms. The van der Waals surface area contributed by atoms with Gasteiger partial charge in [0.15, 0.2) is 6.61 Å². The second-order valence-electron chi connectivity index (χ2n) is 3.60. The van der Waals surface area contributed by atoms with E-state index < -0.39 is 0 Å². The number of carbonyl (C=O) groups is 2. The van der Waals surface area contributed by atoms with Crippen molar-refractivity contribution in [2.24, 2.45) is 0 Å². The van der Waals surface area contributed by atoms with E-state index in [1.807, 2.05) is 6.07 Å². The van der Waals surface area contributed by atoms with E-state index in [1.54, 1.807) is 19.2 Å². The lowest BCUT2D eigenvalue weighted by atomic mass is 10.1. The molecule has 6 heteroatoms. The molecule has 0 aliphatic carbocycles. The molecule has 0 aromatic heterocycles. The fourth-order valence-corrected chi connectivity index (χ4v) is 1.51. The van der Waals surface area contributed by atoms with Crippen LogP contribution in [0.15, 0.2) is 18.2 Å². The predicted octanol–water partition coefficient (Wildman–Crippen LogP) is 0.446. The van der Waals surface area contributed by atoms with Crippen LogP contribution in [-0.4, -0.2) is 25.6 Å². The molecular formula is C11H13N3O3. The molecule has 1 aromatic rings. The van der Waals surface area contributed by atoms with Crippen LogP contribution in [0.25, 0.3) is 0 Å². The predicted molar refractivity (Wildman–Crippen MR) is 61.9 cm³/mol. The molecule has 3 amide bonds. The van der Waals surface area contributed by atoms with Crippen molar-refractivity contribution in [2.45, 2.75) is 6.54 Å². The highest BCUT2D eigenvalue weighted by molar-refractivity contribution is 5.95. The van der Waals surface area contributed by atoms with Crippen LogP contribution in [0.3, 0.4) is 0 Å². The molecule has 0 unspecified atom stereocenters. The topological polar surface area (TPSA) is 79.5 Å². The first-order valence-electron chi connectivity index (χ1n) is 5.20. The van der Waals surface area contributed by atoms with Gasteiger partial charge in [-0.1, -0.05) is 6.07 Å². The number of nitrogens with one attached hydrogen (secondary N) is 3. The lowest BCUT2D eigenvalue weighted by Gasteiger charge is -2.18. The molecule has 6 nitrogen and oxygen atoms in total. The smallest absolute Gasteiger partial charge is 0.314 e. The van der Waals surface area contributed by atoms with E-state index in [4.69, 9.17) is 4.74 Å². The van der Waals surface area contributed by atoms with E-state index in [2.05, 4.69) is 16.0 Å². The molecule has 90 valence electrons. The summed E-state index contributed by atoms with van der Waals surface area (Å²) in [5.74, 6) is 0.474. The Kier molecular flexibility index (Phi) is 3.13. The average molecular weight is 235 g/mol. The van der Waals surface area contributed by atoms with Crippen molar-refractivity contribution in [1.29, 1.82) is 0 Å². The van der Waals surface area contributed by atoms with Gasteiger partial charge in [-0.05, 0) is 17.7 Å². The molecule has 2 rings (SSSR count). The molecule has 0 atom stereocenters. The van der Waals surface area contributed by atoms with Crippen LogP contribution < -0.4 is 20.7 Å². The highest BCUT2D eigenvalue weighted by Crippen LogP contribution is 2.28. The number of hydrogen-bond acceptors (Lipinski definition) is 3. The fourth-order valence-electron chi connectivity index (χ4n) is 1.51. The first-order chi connectivity index (χ1) is 8.19. The van der Waals surface area contributed by atoms with E-state index in [1.165, 1.54) is 0 Å². The highest BCUT2D eigenvalue weighted by Gasteiger charge is 2.15. The molecular weight excluding hydrogens is 222 g/mol. The summed E-state index contributed by atoms with van der Waals surface area (Å²) in [6.07, 6.45) is 0. The summed E-state index contributed by atoms with van der Waals surface area (Å²) in [6, 6.07) is 5.15. The van der Waals surface area contributed by atoms with Crippen molar-refractivity contribution in [3.63, 3.8) is 0 Å². The van der Waals surface area contributed by atoms with Gasteiger partial charge in [0.05, 0.1) is 5.69 Å². The number of fused-ring (bicyclic) bond motifs is 1. The first kappa shape index (κ1) is 11.3. The highest BCUT2D eigenvalue weighted by atomic mass is 16.5. The van der Waals surface area contributed by atoms with Crippen molar-refractivity contribution < 1.29 is 14.3 Å². The minimum atomic E-state index is -0.247. The third-order valence-electron chi connectivity index (χ3n) is 2.36. The van der Waals surface area contributed by atoms with Gasteiger partial charge in [-0.3, -0.25) is 4.79 Å². The van der Waals surface area contributed by atoms with E-state index in [0.717, 1.165) is 5.56 Å². The maximum absolute atomic E-state index is 11.1. The van der Waals surface area contributed by atoms with Crippen LogP contribution in [0.2, 0.25) is 0 Å². The van der Waals surface area contributed by atoms with E-state index in [0.29, 0.717) is 18.0 Å². The standard InChI is InChI=1S/C11H13N3O3/c1-12-11(16)13-5-7-2-3-9-8(4-7)14-10(15)6-17-9/h2-4H,5-6H2,1H3,(H,14,15)(H2,12,13,16). The SMILES string of the molecule is CNC(=O)NCc1ccc2c(c1)NC(=O)CO2. The van der Waals surface area contributed by atoms with E-state index in [9.17, 15) is 9.59 Å². The van der Waals surface area contributed by atoms with Gasteiger partial charge in [0, 0.05) is 13.6 Å². The number of rotatable bonds is 2. The minimum Gasteiger partial charge on any atom is -0.482 e. The Morgan fingerprint density at radius 2 is 2.35 bits per heavy atom. The first-order valence-corrected chi connectivity index (χ1v) is 5.20. The quantitative estimate of drug-likeness (QED) is 0.696. The summed E-state index contributed by atoms with van der Waals surface area (Å²) < 4.78 is 5.23. The summed E-state index contributed by atoms with van der Waals surface area (Å²) in [5.41, 5.74) is 1.52. The Balaban J connectivity index is 2.07. The number of anilines is 1. The molecule has 17 heavy (non-hydrogen) atoms. The second-order valence-corrected chi connectivity index (χ2v) is 3.60. The van der Waals surface area contributed by atoms with E-state index >= 15 is 0 Å². The van der Waals surface area contributed by atoms with Gasteiger partial charge in [0.1, 0.15) is 5.75 Å². The third kappa shape index (κ3) is 2.66. The number of urea groups is 1. The van der Waals surface area contributed by atoms with Crippen molar-refractivity contribution in [2.75, 3.05) is 19.0 Å². The molecule has 1 aromatic carbocycles. The normalized spacial score (nSPS) is 13.1.